The first-order valence-electron chi connectivity index (χ1n) is 7.40. The highest BCUT2D eigenvalue weighted by atomic mass is 14.2. The highest BCUT2D eigenvalue weighted by Crippen LogP contribution is 2.35. The van der Waals surface area contributed by atoms with Gasteiger partial charge in [-0.15, -0.1) is 0 Å². The molecule has 0 saturated carbocycles. The lowest BCUT2D eigenvalue weighted by Gasteiger charge is -2.22. The van der Waals surface area contributed by atoms with Crippen LogP contribution < -0.4 is 0 Å². The average Bonchev–Trinajstić information content (AvgIpc) is 2.43. The van der Waals surface area contributed by atoms with Crippen LogP contribution in [0.3, 0.4) is 0 Å². The molecule has 0 fully saturated rings. The summed E-state index contributed by atoms with van der Waals surface area (Å²) in [4.78, 5) is 0. The first-order valence-corrected chi connectivity index (χ1v) is 7.40. The molecule has 0 radical (unpaired) electrons. The van der Waals surface area contributed by atoms with E-state index in [9.17, 15) is 0 Å². The first-order chi connectivity index (χ1) is 8.97. The molecular weight excluding hydrogens is 228 g/mol. The van der Waals surface area contributed by atoms with Gasteiger partial charge in [0.25, 0.3) is 0 Å². The summed E-state index contributed by atoms with van der Waals surface area (Å²) in [5.41, 5.74) is 8.62. The van der Waals surface area contributed by atoms with Crippen LogP contribution in [0.1, 0.15) is 76.6 Å². The van der Waals surface area contributed by atoms with Crippen molar-refractivity contribution >= 4 is 11.1 Å². The van der Waals surface area contributed by atoms with E-state index >= 15 is 0 Å². The molecule has 19 heavy (non-hydrogen) atoms. The van der Waals surface area contributed by atoms with Crippen LogP contribution in [-0.2, 0) is 6.42 Å². The topological polar surface area (TPSA) is 0 Å². The second-order valence-electron chi connectivity index (χ2n) is 5.51. The Morgan fingerprint density at radius 1 is 1.05 bits per heavy atom. The molecule has 0 N–H and O–H groups in total. The lowest BCUT2D eigenvalue weighted by Crippen LogP contribution is -2.04. The largest absolute Gasteiger partial charge is 0.0841 e. The molecule has 0 aliphatic carbocycles. The fourth-order valence-corrected chi connectivity index (χ4v) is 2.67. The first kappa shape index (κ1) is 15.8. The molecule has 0 nitrogen and oxygen atoms in total. The van der Waals surface area contributed by atoms with E-state index < -0.39 is 0 Å². The van der Waals surface area contributed by atoms with E-state index in [-0.39, 0.29) is 0 Å². The van der Waals surface area contributed by atoms with Crippen LogP contribution in [0.5, 0.6) is 0 Å². The van der Waals surface area contributed by atoms with Crippen LogP contribution in [0, 0.1) is 0 Å². The quantitative estimate of drug-likeness (QED) is 0.600. The zero-order chi connectivity index (χ0) is 14.6. The lowest BCUT2D eigenvalue weighted by atomic mass is 9.83. The molecule has 1 rings (SSSR count). The van der Waals surface area contributed by atoms with E-state index in [0.29, 0.717) is 5.92 Å². The van der Waals surface area contributed by atoms with Crippen molar-refractivity contribution in [3.63, 3.8) is 0 Å². The SMILES string of the molecule is CC=C(C)c1ccc(CC)c(C(C)=CC)c1C(C)C. The summed E-state index contributed by atoms with van der Waals surface area (Å²) >= 11 is 0. The minimum Gasteiger partial charge on any atom is -0.0841 e. The molecule has 0 amide bonds. The van der Waals surface area contributed by atoms with Crippen molar-refractivity contribution in [2.75, 3.05) is 0 Å². The number of hydrogen-bond acceptors (Lipinski definition) is 0. The summed E-state index contributed by atoms with van der Waals surface area (Å²) in [6, 6.07) is 4.60. The zero-order valence-corrected chi connectivity index (χ0v) is 13.6. The van der Waals surface area contributed by atoms with Crippen molar-refractivity contribution in [2.24, 2.45) is 0 Å². The number of benzene rings is 1. The molecule has 0 aromatic heterocycles. The third-order valence-corrected chi connectivity index (χ3v) is 3.98. The van der Waals surface area contributed by atoms with Gasteiger partial charge < -0.3 is 0 Å². The van der Waals surface area contributed by atoms with E-state index in [1.54, 1.807) is 0 Å². The number of allylic oxidation sites excluding steroid dienone is 4. The maximum atomic E-state index is 2.30. The minimum absolute atomic E-state index is 0.543. The van der Waals surface area contributed by atoms with Gasteiger partial charge in [0.1, 0.15) is 0 Å². The molecule has 0 atom stereocenters. The van der Waals surface area contributed by atoms with Gasteiger partial charge >= 0.3 is 0 Å². The van der Waals surface area contributed by atoms with Gasteiger partial charge in [-0.2, -0.15) is 0 Å². The Hall–Kier alpha value is -1.30. The second kappa shape index (κ2) is 6.75. The highest BCUT2D eigenvalue weighted by molar-refractivity contribution is 5.77. The molecule has 1 aromatic rings. The van der Waals surface area contributed by atoms with E-state index in [1.165, 1.54) is 33.4 Å². The Balaban J connectivity index is 3.73. The summed E-state index contributed by atoms with van der Waals surface area (Å²) in [5.74, 6) is 0.543. The van der Waals surface area contributed by atoms with Gasteiger partial charge in [-0.3, -0.25) is 0 Å². The fourth-order valence-electron chi connectivity index (χ4n) is 2.67. The molecule has 0 saturated heterocycles. The third kappa shape index (κ3) is 3.18. The van der Waals surface area contributed by atoms with E-state index in [1.807, 2.05) is 0 Å². The van der Waals surface area contributed by atoms with Gasteiger partial charge in [-0.25, -0.2) is 0 Å². The van der Waals surface area contributed by atoms with Crippen molar-refractivity contribution in [1.82, 2.24) is 0 Å². The fraction of sp³-hybridized carbons (Fsp3) is 0.474. The summed E-state index contributed by atoms with van der Waals surface area (Å²) in [5, 5.41) is 0. The molecule has 0 heterocycles. The average molecular weight is 256 g/mol. The maximum absolute atomic E-state index is 2.30. The van der Waals surface area contributed by atoms with Gasteiger partial charge in [0.15, 0.2) is 0 Å². The number of hydrogen-bond donors (Lipinski definition) is 0. The predicted octanol–water partition coefficient (Wildman–Crippen LogP) is 6.22. The summed E-state index contributed by atoms with van der Waals surface area (Å²) in [7, 11) is 0. The molecule has 0 aliphatic heterocycles. The van der Waals surface area contributed by atoms with Crippen LogP contribution in [0.25, 0.3) is 11.1 Å². The van der Waals surface area contributed by atoms with Crippen molar-refractivity contribution in [3.8, 4) is 0 Å². The third-order valence-electron chi connectivity index (χ3n) is 3.98. The monoisotopic (exact) mass is 256 g/mol. The van der Waals surface area contributed by atoms with Gasteiger partial charge in [0.05, 0.1) is 0 Å². The van der Waals surface area contributed by atoms with Crippen LogP contribution in [-0.4, -0.2) is 0 Å². The lowest BCUT2D eigenvalue weighted by molar-refractivity contribution is 0.852. The molecule has 0 unspecified atom stereocenters. The Kier molecular flexibility index (Phi) is 5.60. The van der Waals surface area contributed by atoms with E-state index in [2.05, 4.69) is 72.8 Å². The zero-order valence-electron chi connectivity index (χ0n) is 13.6. The molecular formula is C19H28. The normalized spacial score (nSPS) is 13.3. The van der Waals surface area contributed by atoms with Crippen LogP contribution >= 0.6 is 0 Å². The van der Waals surface area contributed by atoms with Gasteiger partial charge in [-0.1, -0.05) is 45.1 Å². The van der Waals surface area contributed by atoms with Gasteiger partial charge in [0, 0.05) is 0 Å². The summed E-state index contributed by atoms with van der Waals surface area (Å²) in [6.07, 6.45) is 5.53. The van der Waals surface area contributed by atoms with Gasteiger partial charge in [-0.05, 0) is 73.4 Å². The smallest absolute Gasteiger partial charge is 0.0158 e. The molecule has 0 bridgehead atoms. The Labute approximate surface area is 119 Å². The van der Waals surface area contributed by atoms with Crippen LogP contribution in [0.4, 0.5) is 0 Å². The number of aryl methyl sites for hydroxylation is 1. The summed E-state index contributed by atoms with van der Waals surface area (Å²) < 4.78 is 0. The Bertz CT molecular complexity index is 499. The van der Waals surface area contributed by atoms with Crippen LogP contribution in [0.15, 0.2) is 24.3 Å². The Morgan fingerprint density at radius 2 is 1.63 bits per heavy atom. The highest BCUT2D eigenvalue weighted by Gasteiger charge is 2.16. The Morgan fingerprint density at radius 3 is 2.05 bits per heavy atom. The predicted molar refractivity (Wildman–Crippen MR) is 88.6 cm³/mol. The molecule has 104 valence electrons. The second-order valence-corrected chi connectivity index (χ2v) is 5.51. The number of rotatable bonds is 4. The van der Waals surface area contributed by atoms with Crippen molar-refractivity contribution in [3.05, 3.63) is 46.5 Å². The standard InChI is InChI=1S/C19H28/c1-8-14(6)17-12-11-16(10-3)19(15(7)9-2)18(17)13(4)5/h8-9,11-13H,10H2,1-7H3. The molecule has 0 aliphatic rings. The minimum atomic E-state index is 0.543. The maximum Gasteiger partial charge on any atom is -0.0158 e. The van der Waals surface area contributed by atoms with E-state index in [4.69, 9.17) is 0 Å². The summed E-state index contributed by atoms with van der Waals surface area (Å²) in [6.45, 7) is 15.5. The van der Waals surface area contributed by atoms with Crippen molar-refractivity contribution in [2.45, 2.75) is 60.8 Å². The van der Waals surface area contributed by atoms with E-state index in [0.717, 1.165) is 6.42 Å². The van der Waals surface area contributed by atoms with Crippen LogP contribution in [0.2, 0.25) is 0 Å². The van der Waals surface area contributed by atoms with Crippen molar-refractivity contribution in [1.29, 1.82) is 0 Å². The molecule has 1 aromatic carbocycles. The molecule has 0 spiro atoms. The van der Waals surface area contributed by atoms with Crippen molar-refractivity contribution < 1.29 is 0 Å². The molecule has 0 heteroatoms. The van der Waals surface area contributed by atoms with Gasteiger partial charge in [0.2, 0.25) is 0 Å².